The normalized spacial score (nSPS) is 9.76. The first kappa shape index (κ1) is 12.8. The summed E-state index contributed by atoms with van der Waals surface area (Å²) >= 11 is 0. The highest BCUT2D eigenvalue weighted by atomic mass is 16.5. The van der Waals surface area contributed by atoms with Crippen molar-refractivity contribution in [3.8, 4) is 0 Å². The lowest BCUT2D eigenvalue weighted by Crippen LogP contribution is -2.27. The third-order valence-electron chi connectivity index (χ3n) is 2.12. The second kappa shape index (κ2) is 5.20. The van der Waals surface area contributed by atoms with Crippen LogP contribution in [0.1, 0.15) is 10.4 Å². The number of hydrogen-bond donors (Lipinski definition) is 2. The Morgan fingerprint density at radius 1 is 1.29 bits per heavy atom. The highest BCUT2D eigenvalue weighted by Crippen LogP contribution is 2.16. The van der Waals surface area contributed by atoms with Crippen LogP contribution in [0.2, 0.25) is 0 Å². The molecule has 0 saturated heterocycles. The van der Waals surface area contributed by atoms with Crippen molar-refractivity contribution in [1.29, 1.82) is 0 Å². The number of esters is 1. The molecule has 0 bridgehead atoms. The van der Waals surface area contributed by atoms with Gasteiger partial charge in [-0.15, -0.1) is 0 Å². The third-order valence-corrected chi connectivity index (χ3v) is 2.12. The molecule has 4 N–H and O–H groups in total. The van der Waals surface area contributed by atoms with E-state index < -0.39 is 5.97 Å². The quantitative estimate of drug-likeness (QED) is 0.573. The predicted molar refractivity (Wildman–Crippen MR) is 64.2 cm³/mol. The van der Waals surface area contributed by atoms with Crippen LogP contribution in [-0.4, -0.2) is 37.5 Å². The van der Waals surface area contributed by atoms with E-state index in [0.717, 1.165) is 0 Å². The maximum atomic E-state index is 11.6. The minimum atomic E-state index is -0.641. The molecule has 0 atom stereocenters. The molecule has 1 aromatic carbocycles. The Hall–Kier alpha value is -2.24. The summed E-state index contributed by atoms with van der Waals surface area (Å²) in [6, 6.07) is 4.47. The summed E-state index contributed by atoms with van der Waals surface area (Å²) in [5.74, 6) is -0.940. The molecule has 0 heterocycles. The smallest absolute Gasteiger partial charge is 0.340 e. The second-order valence-electron chi connectivity index (χ2n) is 3.71. The topological polar surface area (TPSA) is 98.6 Å². The van der Waals surface area contributed by atoms with Crippen LogP contribution >= 0.6 is 0 Å². The number of hydrogen-bond acceptors (Lipinski definition) is 5. The van der Waals surface area contributed by atoms with Crippen LogP contribution in [0.5, 0.6) is 0 Å². The summed E-state index contributed by atoms with van der Waals surface area (Å²) in [6.07, 6.45) is 0. The zero-order valence-corrected chi connectivity index (χ0v) is 9.77. The number of anilines is 2. The van der Waals surface area contributed by atoms with E-state index in [1.165, 1.54) is 17.0 Å². The molecule has 0 aromatic heterocycles. The van der Waals surface area contributed by atoms with Gasteiger partial charge in [0.25, 0.3) is 5.91 Å². The first-order valence-electron chi connectivity index (χ1n) is 4.94. The molecule has 1 rings (SSSR count). The average molecular weight is 237 g/mol. The number of nitrogen functional groups attached to an aromatic ring is 2. The van der Waals surface area contributed by atoms with Gasteiger partial charge < -0.3 is 21.1 Å². The Labute approximate surface area is 99.1 Å². The van der Waals surface area contributed by atoms with E-state index in [1.54, 1.807) is 20.2 Å². The molecule has 0 fully saturated rings. The largest absolute Gasteiger partial charge is 0.452 e. The Kier molecular flexibility index (Phi) is 3.92. The number of nitrogens with two attached hydrogens (primary N) is 2. The number of carbonyl (C=O) groups excluding carboxylic acids is 2. The van der Waals surface area contributed by atoms with E-state index in [9.17, 15) is 9.59 Å². The molecule has 1 aromatic rings. The number of ether oxygens (including phenoxy) is 1. The zero-order valence-electron chi connectivity index (χ0n) is 9.77. The Balaban J connectivity index is 2.68. The highest BCUT2D eigenvalue weighted by Gasteiger charge is 2.13. The van der Waals surface area contributed by atoms with E-state index >= 15 is 0 Å². The summed E-state index contributed by atoms with van der Waals surface area (Å²) in [5, 5.41) is 0. The van der Waals surface area contributed by atoms with Gasteiger partial charge >= 0.3 is 5.97 Å². The minimum Gasteiger partial charge on any atom is -0.452 e. The van der Waals surface area contributed by atoms with Gasteiger partial charge in [-0.25, -0.2) is 4.79 Å². The molecule has 0 radical (unpaired) electrons. The number of rotatable bonds is 3. The molecular formula is C11H15N3O3. The zero-order chi connectivity index (χ0) is 13.0. The van der Waals surface area contributed by atoms with Gasteiger partial charge in [0.2, 0.25) is 0 Å². The fraction of sp³-hybridized carbons (Fsp3) is 0.273. The molecule has 0 unspecified atom stereocenters. The highest BCUT2D eigenvalue weighted by molar-refractivity contribution is 5.96. The number of carbonyl (C=O) groups is 2. The maximum Gasteiger partial charge on any atom is 0.340 e. The Morgan fingerprint density at radius 2 is 1.94 bits per heavy atom. The van der Waals surface area contributed by atoms with Crippen molar-refractivity contribution in [2.75, 3.05) is 32.2 Å². The SMILES string of the molecule is CN(C)C(=O)COC(=O)c1ccc(N)cc1N. The van der Waals surface area contributed by atoms with Crippen molar-refractivity contribution in [1.82, 2.24) is 4.90 Å². The molecule has 6 nitrogen and oxygen atoms in total. The van der Waals surface area contributed by atoms with Crippen molar-refractivity contribution in [2.45, 2.75) is 0 Å². The molecule has 17 heavy (non-hydrogen) atoms. The van der Waals surface area contributed by atoms with Crippen molar-refractivity contribution < 1.29 is 14.3 Å². The first-order chi connectivity index (χ1) is 7.91. The number of likely N-dealkylation sites (N-methyl/N-ethyl adjacent to an activating group) is 1. The Bertz CT molecular complexity index is 444. The number of amides is 1. The Morgan fingerprint density at radius 3 is 2.47 bits per heavy atom. The summed E-state index contributed by atoms with van der Waals surface area (Å²) < 4.78 is 4.82. The van der Waals surface area contributed by atoms with Gasteiger partial charge in [-0.05, 0) is 18.2 Å². The lowest BCUT2D eigenvalue weighted by molar-refractivity contribution is -0.131. The fourth-order valence-electron chi connectivity index (χ4n) is 1.10. The van der Waals surface area contributed by atoms with Gasteiger partial charge in [-0.3, -0.25) is 4.79 Å². The molecule has 92 valence electrons. The van der Waals surface area contributed by atoms with Crippen LogP contribution in [0.3, 0.4) is 0 Å². The van der Waals surface area contributed by atoms with E-state index in [1.807, 2.05) is 0 Å². The van der Waals surface area contributed by atoms with Crippen LogP contribution in [0.25, 0.3) is 0 Å². The number of benzene rings is 1. The van der Waals surface area contributed by atoms with Crippen LogP contribution in [0.15, 0.2) is 18.2 Å². The lowest BCUT2D eigenvalue weighted by Gasteiger charge is -2.11. The van der Waals surface area contributed by atoms with Crippen LogP contribution < -0.4 is 11.5 Å². The van der Waals surface area contributed by atoms with Crippen LogP contribution in [0, 0.1) is 0 Å². The van der Waals surface area contributed by atoms with E-state index in [-0.39, 0.29) is 23.8 Å². The maximum absolute atomic E-state index is 11.6. The monoisotopic (exact) mass is 237 g/mol. The van der Waals surface area contributed by atoms with Gasteiger partial charge in [0.15, 0.2) is 6.61 Å². The summed E-state index contributed by atoms with van der Waals surface area (Å²) in [4.78, 5) is 24.1. The molecule has 0 saturated carbocycles. The van der Waals surface area contributed by atoms with Gasteiger partial charge in [0.05, 0.1) is 5.56 Å². The van der Waals surface area contributed by atoms with Gasteiger partial charge in [-0.2, -0.15) is 0 Å². The molecule has 6 heteroatoms. The first-order valence-corrected chi connectivity index (χ1v) is 4.94. The van der Waals surface area contributed by atoms with Crippen LogP contribution in [-0.2, 0) is 9.53 Å². The molecule has 0 aliphatic rings. The summed E-state index contributed by atoms with van der Waals surface area (Å²) in [6.45, 7) is -0.310. The van der Waals surface area contributed by atoms with Crippen molar-refractivity contribution in [3.05, 3.63) is 23.8 Å². The lowest BCUT2D eigenvalue weighted by atomic mass is 10.1. The van der Waals surface area contributed by atoms with Crippen LogP contribution in [0.4, 0.5) is 11.4 Å². The summed E-state index contributed by atoms with van der Waals surface area (Å²) in [7, 11) is 3.15. The van der Waals surface area contributed by atoms with Gasteiger partial charge in [0, 0.05) is 25.5 Å². The van der Waals surface area contributed by atoms with Crippen molar-refractivity contribution >= 4 is 23.3 Å². The second-order valence-corrected chi connectivity index (χ2v) is 3.71. The van der Waals surface area contributed by atoms with Crippen molar-refractivity contribution in [3.63, 3.8) is 0 Å². The fourth-order valence-corrected chi connectivity index (χ4v) is 1.10. The van der Waals surface area contributed by atoms with Gasteiger partial charge in [-0.1, -0.05) is 0 Å². The molecule has 0 aliphatic heterocycles. The standard InChI is InChI=1S/C11H15N3O3/c1-14(2)10(15)6-17-11(16)8-4-3-7(12)5-9(8)13/h3-5H,6,12-13H2,1-2H3. The van der Waals surface area contributed by atoms with E-state index in [4.69, 9.17) is 16.2 Å². The molecule has 0 aliphatic carbocycles. The molecule has 1 amide bonds. The predicted octanol–water partition coefficient (Wildman–Crippen LogP) is 0.0960. The van der Waals surface area contributed by atoms with E-state index in [0.29, 0.717) is 5.69 Å². The number of nitrogens with zero attached hydrogens (tertiary/aromatic N) is 1. The molecular weight excluding hydrogens is 222 g/mol. The third kappa shape index (κ3) is 3.37. The van der Waals surface area contributed by atoms with Crippen molar-refractivity contribution in [2.24, 2.45) is 0 Å². The minimum absolute atomic E-state index is 0.200. The van der Waals surface area contributed by atoms with E-state index in [2.05, 4.69) is 0 Å². The molecule has 0 spiro atoms. The van der Waals surface area contributed by atoms with Gasteiger partial charge in [0.1, 0.15) is 0 Å². The average Bonchev–Trinajstić information content (AvgIpc) is 2.25. The summed E-state index contributed by atoms with van der Waals surface area (Å²) in [5.41, 5.74) is 12.0.